The monoisotopic (exact) mass is 490 g/mol. The molecule has 1 aromatic rings. The summed E-state index contributed by atoms with van der Waals surface area (Å²) in [5, 5.41) is 7.12. The van der Waals surface area contributed by atoms with Crippen LogP contribution in [0.4, 0.5) is 0 Å². The minimum Gasteiger partial charge on any atom is -0.469 e. The Morgan fingerprint density at radius 3 is 2.74 bits per heavy atom. The van der Waals surface area contributed by atoms with Crippen LogP contribution in [0.15, 0.2) is 27.8 Å². The molecule has 2 aliphatic heterocycles. The van der Waals surface area contributed by atoms with Crippen molar-refractivity contribution < 1.29 is 9.15 Å². The molecule has 2 aliphatic rings. The summed E-state index contributed by atoms with van der Waals surface area (Å²) in [5.74, 6) is 1.91. The smallest absolute Gasteiger partial charge is 0.191 e. The van der Waals surface area contributed by atoms with Crippen molar-refractivity contribution >= 4 is 29.9 Å². The Morgan fingerprint density at radius 1 is 1.30 bits per heavy atom. The summed E-state index contributed by atoms with van der Waals surface area (Å²) in [4.78, 5) is 7.35. The maximum atomic E-state index is 5.71. The van der Waals surface area contributed by atoms with Gasteiger partial charge in [0, 0.05) is 44.7 Å². The van der Waals surface area contributed by atoms with Crippen LogP contribution in [-0.2, 0) is 11.2 Å². The van der Waals surface area contributed by atoms with E-state index in [1.165, 1.54) is 0 Å². The van der Waals surface area contributed by atoms with E-state index in [2.05, 4.69) is 29.4 Å². The van der Waals surface area contributed by atoms with Gasteiger partial charge in [0.2, 0.25) is 0 Å². The number of halogens is 1. The zero-order valence-electron chi connectivity index (χ0n) is 16.7. The van der Waals surface area contributed by atoms with Gasteiger partial charge in [-0.2, -0.15) is 0 Å². The van der Waals surface area contributed by atoms with Crippen LogP contribution >= 0.6 is 24.0 Å². The molecule has 1 aromatic heterocycles. The molecule has 0 bridgehead atoms. The molecule has 0 saturated carbocycles. The van der Waals surface area contributed by atoms with Gasteiger partial charge in [0.1, 0.15) is 5.76 Å². The molecule has 2 fully saturated rings. The molecule has 3 heterocycles. The minimum atomic E-state index is 0. The Kier molecular flexibility index (Phi) is 9.92. The quantitative estimate of drug-likeness (QED) is 0.350. The summed E-state index contributed by atoms with van der Waals surface area (Å²) >= 11 is 0. The fraction of sp³-hybridized carbons (Fsp3) is 0.750. The van der Waals surface area contributed by atoms with E-state index in [1.54, 1.807) is 6.26 Å². The van der Waals surface area contributed by atoms with E-state index >= 15 is 0 Å². The number of likely N-dealkylation sites (tertiary alicyclic amines) is 1. The van der Waals surface area contributed by atoms with Gasteiger partial charge in [-0.25, -0.2) is 0 Å². The minimum absolute atomic E-state index is 0. The number of aliphatic imine (C=N–C) groups is 1. The lowest BCUT2D eigenvalue weighted by Gasteiger charge is -2.35. The lowest BCUT2D eigenvalue weighted by Crippen LogP contribution is -2.50. The van der Waals surface area contributed by atoms with Gasteiger partial charge in [0.25, 0.3) is 0 Å². The van der Waals surface area contributed by atoms with Crippen molar-refractivity contribution in [1.82, 2.24) is 15.5 Å². The third-order valence-corrected chi connectivity index (χ3v) is 5.32. The highest BCUT2D eigenvalue weighted by atomic mass is 127. The van der Waals surface area contributed by atoms with Crippen LogP contribution in [0, 0.1) is 0 Å². The zero-order chi connectivity index (χ0) is 18.2. The van der Waals surface area contributed by atoms with Crippen molar-refractivity contribution in [2.24, 2.45) is 4.99 Å². The predicted octanol–water partition coefficient (Wildman–Crippen LogP) is 3.03. The van der Waals surface area contributed by atoms with Crippen LogP contribution in [0.3, 0.4) is 0 Å². The van der Waals surface area contributed by atoms with E-state index in [0.717, 1.165) is 76.6 Å². The molecule has 2 saturated heterocycles. The predicted molar refractivity (Wildman–Crippen MR) is 120 cm³/mol. The number of guanidine groups is 1. The molecule has 7 heteroatoms. The molecule has 0 radical (unpaired) electrons. The molecule has 6 nitrogen and oxygen atoms in total. The molecule has 1 atom stereocenters. The Bertz CT molecular complexity index is 536. The maximum Gasteiger partial charge on any atom is 0.191 e. The Morgan fingerprint density at radius 2 is 2.11 bits per heavy atom. The van der Waals surface area contributed by atoms with Gasteiger partial charge >= 0.3 is 0 Å². The van der Waals surface area contributed by atoms with Crippen molar-refractivity contribution in [1.29, 1.82) is 0 Å². The van der Waals surface area contributed by atoms with Gasteiger partial charge in [-0.3, -0.25) is 4.99 Å². The lowest BCUT2D eigenvalue weighted by atomic mass is 10.0. The second-order valence-electron chi connectivity index (χ2n) is 7.63. The van der Waals surface area contributed by atoms with Gasteiger partial charge in [0.15, 0.2) is 5.96 Å². The van der Waals surface area contributed by atoms with E-state index in [4.69, 9.17) is 14.1 Å². The van der Waals surface area contributed by atoms with Crippen LogP contribution < -0.4 is 10.6 Å². The summed E-state index contributed by atoms with van der Waals surface area (Å²) in [5.41, 5.74) is 0. The zero-order valence-corrected chi connectivity index (χ0v) is 19.0. The first-order valence-corrected chi connectivity index (χ1v) is 10.1. The number of piperidine rings is 1. The summed E-state index contributed by atoms with van der Waals surface area (Å²) in [6, 6.07) is 5.07. The molecule has 0 aliphatic carbocycles. The number of nitrogens with zero attached hydrogens (tertiary/aromatic N) is 2. The Labute approximate surface area is 180 Å². The number of hydrogen-bond acceptors (Lipinski definition) is 4. The normalized spacial score (nSPS) is 22.0. The van der Waals surface area contributed by atoms with Gasteiger partial charge in [-0.05, 0) is 51.7 Å². The topological polar surface area (TPSA) is 62.0 Å². The molecule has 2 N–H and O–H groups in total. The number of furan rings is 1. The average molecular weight is 490 g/mol. The van der Waals surface area contributed by atoms with Gasteiger partial charge in [0.05, 0.1) is 18.9 Å². The van der Waals surface area contributed by atoms with Crippen molar-refractivity contribution in [3.8, 4) is 0 Å². The highest BCUT2D eigenvalue weighted by Gasteiger charge is 2.22. The van der Waals surface area contributed by atoms with Crippen molar-refractivity contribution in [3.63, 3.8) is 0 Å². The fourth-order valence-corrected chi connectivity index (χ4v) is 3.65. The summed E-state index contributed by atoms with van der Waals surface area (Å²) < 4.78 is 11.1. The highest BCUT2D eigenvalue weighted by molar-refractivity contribution is 14.0. The molecule has 0 spiro atoms. The number of rotatable bonds is 7. The third kappa shape index (κ3) is 7.62. The van der Waals surface area contributed by atoms with Crippen LogP contribution in [-0.4, -0.2) is 61.8 Å². The summed E-state index contributed by atoms with van der Waals surface area (Å²) in [6.07, 6.45) is 7.47. The largest absolute Gasteiger partial charge is 0.469 e. The van der Waals surface area contributed by atoms with Crippen LogP contribution in [0.2, 0.25) is 0 Å². The van der Waals surface area contributed by atoms with E-state index in [1.807, 2.05) is 12.1 Å². The van der Waals surface area contributed by atoms with Gasteiger partial charge in [-0.15, -0.1) is 24.0 Å². The summed E-state index contributed by atoms with van der Waals surface area (Å²) in [6.45, 7) is 9.29. The Balaban J connectivity index is 0.00000261. The second kappa shape index (κ2) is 11.9. The van der Waals surface area contributed by atoms with Gasteiger partial charge < -0.3 is 24.7 Å². The van der Waals surface area contributed by atoms with Crippen LogP contribution in [0.5, 0.6) is 0 Å². The lowest BCUT2D eigenvalue weighted by molar-refractivity contribution is 0.117. The molecular weight excluding hydrogens is 455 g/mol. The first kappa shape index (κ1) is 22.5. The maximum absolute atomic E-state index is 5.71. The van der Waals surface area contributed by atoms with E-state index < -0.39 is 0 Å². The van der Waals surface area contributed by atoms with Crippen molar-refractivity contribution in [3.05, 3.63) is 24.2 Å². The Hall–Kier alpha value is -0.800. The van der Waals surface area contributed by atoms with Crippen molar-refractivity contribution in [2.45, 2.75) is 64.1 Å². The number of ether oxygens (including phenoxy) is 1. The molecule has 0 amide bonds. The van der Waals surface area contributed by atoms with Gasteiger partial charge in [-0.1, -0.05) is 0 Å². The fourth-order valence-electron chi connectivity index (χ4n) is 3.65. The molecule has 1 unspecified atom stereocenters. The molecular formula is C20H35IN4O2. The SMILES string of the molecule is CC(C)N1CCC(NC(=NCC2CCCO2)NCCc2ccco2)CC1.I. The standard InChI is InChI=1S/C20H34N4O2.HI/c1-16(2)24-11-8-17(9-12-24)23-20(22-15-19-6-4-14-26-19)21-10-7-18-5-3-13-25-18;/h3,5,13,16-17,19H,4,6-12,14-15H2,1-2H3,(H2,21,22,23);1H. The number of nitrogens with one attached hydrogen (secondary N) is 2. The highest BCUT2D eigenvalue weighted by Crippen LogP contribution is 2.14. The van der Waals surface area contributed by atoms with E-state index in [9.17, 15) is 0 Å². The molecule has 0 aromatic carbocycles. The van der Waals surface area contributed by atoms with Crippen LogP contribution in [0.25, 0.3) is 0 Å². The molecule has 154 valence electrons. The van der Waals surface area contributed by atoms with E-state index in [-0.39, 0.29) is 30.1 Å². The average Bonchev–Trinajstić information content (AvgIpc) is 3.34. The molecule has 27 heavy (non-hydrogen) atoms. The van der Waals surface area contributed by atoms with Crippen molar-refractivity contribution in [2.75, 3.05) is 32.8 Å². The first-order chi connectivity index (χ1) is 12.7. The van der Waals surface area contributed by atoms with E-state index in [0.29, 0.717) is 12.1 Å². The second-order valence-corrected chi connectivity index (χ2v) is 7.63. The number of hydrogen-bond donors (Lipinski definition) is 2. The summed E-state index contributed by atoms with van der Waals surface area (Å²) in [7, 11) is 0. The third-order valence-electron chi connectivity index (χ3n) is 5.32. The first-order valence-electron chi connectivity index (χ1n) is 10.1. The van der Waals surface area contributed by atoms with Crippen LogP contribution in [0.1, 0.15) is 45.3 Å². The molecule has 3 rings (SSSR count).